The molecule has 11 heteroatoms. The van der Waals surface area contributed by atoms with Crippen molar-refractivity contribution >= 4 is 40.5 Å². The summed E-state index contributed by atoms with van der Waals surface area (Å²) in [6.45, 7) is 4.78. The van der Waals surface area contributed by atoms with Gasteiger partial charge in [-0.3, -0.25) is 4.79 Å². The van der Waals surface area contributed by atoms with E-state index in [9.17, 15) is 9.59 Å². The Bertz CT molecular complexity index is 1580. The summed E-state index contributed by atoms with van der Waals surface area (Å²) in [6, 6.07) is 18.4. The number of para-hydroxylation sites is 1. The molecule has 0 spiro atoms. The standard InChI is InChI=1S/C30H30N8O3/c1-21-24(35-30(40)33-23-6-3-2-4-7-23)8-5-9-26(21)38-19-25(28-31-12-13-37(28)20-38)34-27-11-10-22(18-32-27)29(39)36-14-16-41-17-15-36/h2-13,18-19H,14-17,20H2,1H3,(H,32,34)(H2,33,35,40). The largest absolute Gasteiger partial charge is 0.378 e. The lowest BCUT2D eigenvalue weighted by Crippen LogP contribution is -2.40. The van der Waals surface area contributed by atoms with Gasteiger partial charge >= 0.3 is 6.03 Å². The summed E-state index contributed by atoms with van der Waals surface area (Å²) < 4.78 is 7.37. The number of urea groups is 1. The second-order valence-electron chi connectivity index (χ2n) is 9.73. The number of imidazole rings is 1. The number of anilines is 4. The highest BCUT2D eigenvalue weighted by molar-refractivity contribution is 6.00. The van der Waals surface area contributed by atoms with Crippen molar-refractivity contribution in [2.24, 2.45) is 0 Å². The molecule has 2 aromatic carbocycles. The zero-order chi connectivity index (χ0) is 28.2. The Morgan fingerprint density at radius 3 is 2.54 bits per heavy atom. The average Bonchev–Trinajstić information content (AvgIpc) is 3.48. The molecule has 0 unspecified atom stereocenters. The lowest BCUT2D eigenvalue weighted by molar-refractivity contribution is 0.0302. The van der Waals surface area contributed by atoms with Crippen molar-refractivity contribution in [3.05, 3.63) is 102 Å². The number of amides is 3. The average molecular weight is 551 g/mol. The van der Waals surface area contributed by atoms with Gasteiger partial charge in [0.2, 0.25) is 0 Å². The Hall–Kier alpha value is -5.16. The normalized spacial score (nSPS) is 14.6. The molecule has 0 bridgehead atoms. The van der Waals surface area contributed by atoms with E-state index in [1.165, 1.54) is 0 Å². The van der Waals surface area contributed by atoms with Gasteiger partial charge in [0, 0.05) is 54.9 Å². The second-order valence-corrected chi connectivity index (χ2v) is 9.73. The van der Waals surface area contributed by atoms with Crippen LogP contribution in [0, 0.1) is 6.92 Å². The molecule has 4 heterocycles. The maximum Gasteiger partial charge on any atom is 0.323 e. The summed E-state index contributed by atoms with van der Waals surface area (Å²) in [6.07, 6.45) is 7.24. The van der Waals surface area contributed by atoms with E-state index in [0.717, 1.165) is 22.8 Å². The van der Waals surface area contributed by atoms with Gasteiger partial charge in [0.25, 0.3) is 5.91 Å². The van der Waals surface area contributed by atoms with Crippen LogP contribution in [0.2, 0.25) is 0 Å². The number of hydrogen-bond donors (Lipinski definition) is 3. The van der Waals surface area contributed by atoms with Gasteiger partial charge in [-0.1, -0.05) is 24.3 Å². The van der Waals surface area contributed by atoms with Gasteiger partial charge in [-0.15, -0.1) is 0 Å². The summed E-state index contributed by atoms with van der Waals surface area (Å²) in [4.78, 5) is 38.3. The summed E-state index contributed by atoms with van der Waals surface area (Å²) in [5, 5.41) is 9.18. The maximum atomic E-state index is 12.8. The Morgan fingerprint density at radius 2 is 1.76 bits per heavy atom. The molecule has 0 radical (unpaired) electrons. The molecular weight excluding hydrogens is 520 g/mol. The fourth-order valence-electron chi connectivity index (χ4n) is 4.88. The van der Waals surface area contributed by atoms with Crippen molar-refractivity contribution < 1.29 is 14.3 Å². The van der Waals surface area contributed by atoms with Crippen molar-refractivity contribution in [1.29, 1.82) is 0 Å². The minimum Gasteiger partial charge on any atom is -0.378 e. The maximum absolute atomic E-state index is 12.8. The molecule has 3 amide bonds. The van der Waals surface area contributed by atoms with Crippen LogP contribution in [-0.4, -0.2) is 57.7 Å². The predicted molar refractivity (Wildman–Crippen MR) is 158 cm³/mol. The van der Waals surface area contributed by atoms with Crippen LogP contribution in [-0.2, 0) is 11.4 Å². The van der Waals surface area contributed by atoms with Crippen molar-refractivity contribution in [2.45, 2.75) is 13.6 Å². The Kier molecular flexibility index (Phi) is 7.33. The second kappa shape index (κ2) is 11.5. The van der Waals surface area contributed by atoms with Crippen molar-refractivity contribution in [3.8, 4) is 0 Å². The van der Waals surface area contributed by atoms with E-state index in [4.69, 9.17) is 4.74 Å². The number of fused-ring (bicyclic) bond motifs is 1. The first-order valence-electron chi connectivity index (χ1n) is 13.4. The van der Waals surface area contributed by atoms with E-state index in [1.54, 1.807) is 29.4 Å². The molecule has 2 aromatic heterocycles. The number of ether oxygens (including phenoxy) is 1. The minimum absolute atomic E-state index is 0.0487. The first kappa shape index (κ1) is 26.1. The summed E-state index contributed by atoms with van der Waals surface area (Å²) in [5.41, 5.74) is 4.56. The van der Waals surface area contributed by atoms with Crippen LogP contribution in [0.15, 0.2) is 85.5 Å². The third-order valence-corrected chi connectivity index (χ3v) is 7.01. The fourth-order valence-corrected chi connectivity index (χ4v) is 4.88. The first-order chi connectivity index (χ1) is 20.0. The molecule has 6 rings (SSSR count). The van der Waals surface area contributed by atoms with Crippen LogP contribution in [0.5, 0.6) is 0 Å². The van der Waals surface area contributed by atoms with E-state index in [1.807, 2.05) is 72.4 Å². The van der Waals surface area contributed by atoms with Crippen LogP contribution in [0.1, 0.15) is 21.7 Å². The SMILES string of the molecule is Cc1c(NC(=O)Nc2ccccc2)cccc1N1C=C(Nc2ccc(C(=O)N3CCOCC3)cn2)c2nccn2C1. The zero-order valence-corrected chi connectivity index (χ0v) is 22.6. The van der Waals surface area contributed by atoms with Crippen molar-refractivity contribution in [3.63, 3.8) is 0 Å². The topological polar surface area (TPSA) is 117 Å². The number of hydrogen-bond acceptors (Lipinski definition) is 7. The molecular formula is C30H30N8O3. The number of rotatable bonds is 6. The van der Waals surface area contributed by atoms with E-state index >= 15 is 0 Å². The smallest absolute Gasteiger partial charge is 0.323 e. The van der Waals surface area contributed by atoms with Crippen molar-refractivity contribution in [1.82, 2.24) is 19.4 Å². The number of morpholine rings is 1. The molecule has 4 aromatic rings. The van der Waals surface area contributed by atoms with Gasteiger partial charge < -0.3 is 35.1 Å². The minimum atomic E-state index is -0.313. The third-order valence-electron chi connectivity index (χ3n) is 7.01. The molecule has 11 nitrogen and oxygen atoms in total. The highest BCUT2D eigenvalue weighted by Gasteiger charge is 2.22. The van der Waals surface area contributed by atoms with Gasteiger partial charge in [0.05, 0.1) is 24.5 Å². The van der Waals surface area contributed by atoms with Crippen LogP contribution in [0.4, 0.5) is 27.7 Å². The van der Waals surface area contributed by atoms with Gasteiger partial charge in [0.1, 0.15) is 12.5 Å². The molecule has 2 aliphatic heterocycles. The number of aromatic nitrogens is 3. The van der Waals surface area contributed by atoms with Gasteiger partial charge in [-0.2, -0.15) is 0 Å². The van der Waals surface area contributed by atoms with Gasteiger partial charge in [0.15, 0.2) is 5.82 Å². The summed E-state index contributed by atoms with van der Waals surface area (Å²) in [7, 11) is 0. The molecule has 208 valence electrons. The molecule has 0 atom stereocenters. The van der Waals surface area contributed by atoms with Crippen LogP contribution < -0.4 is 20.9 Å². The molecule has 2 aliphatic rings. The van der Waals surface area contributed by atoms with E-state index in [0.29, 0.717) is 55.7 Å². The molecule has 0 aliphatic carbocycles. The lowest BCUT2D eigenvalue weighted by Gasteiger charge is -2.30. The first-order valence-corrected chi connectivity index (χ1v) is 13.4. The Morgan fingerprint density at radius 1 is 0.927 bits per heavy atom. The number of pyridine rings is 1. The molecule has 1 saturated heterocycles. The molecule has 41 heavy (non-hydrogen) atoms. The molecule has 0 saturated carbocycles. The molecule has 1 fully saturated rings. The monoisotopic (exact) mass is 550 g/mol. The fraction of sp³-hybridized carbons (Fsp3) is 0.200. The van der Waals surface area contributed by atoms with E-state index in [2.05, 4.69) is 30.8 Å². The number of carbonyl (C=O) groups is 2. The zero-order valence-electron chi connectivity index (χ0n) is 22.6. The van der Waals surface area contributed by atoms with Crippen LogP contribution in [0.25, 0.3) is 5.70 Å². The summed E-state index contributed by atoms with van der Waals surface area (Å²) >= 11 is 0. The Balaban J connectivity index is 1.20. The highest BCUT2D eigenvalue weighted by Crippen LogP contribution is 2.32. The highest BCUT2D eigenvalue weighted by atomic mass is 16.5. The predicted octanol–water partition coefficient (Wildman–Crippen LogP) is 4.59. The van der Waals surface area contributed by atoms with Crippen molar-refractivity contribution in [2.75, 3.05) is 47.2 Å². The number of nitrogens with zero attached hydrogens (tertiary/aromatic N) is 5. The number of nitrogens with one attached hydrogen (secondary N) is 3. The Labute approximate surface area is 237 Å². The number of benzene rings is 2. The number of carbonyl (C=O) groups excluding carboxylic acids is 2. The van der Waals surface area contributed by atoms with E-state index in [-0.39, 0.29) is 11.9 Å². The third kappa shape index (κ3) is 5.75. The quantitative estimate of drug-likeness (QED) is 0.322. The van der Waals surface area contributed by atoms with Gasteiger partial charge in [-0.05, 0) is 48.9 Å². The summed E-state index contributed by atoms with van der Waals surface area (Å²) in [5.74, 6) is 1.31. The lowest BCUT2D eigenvalue weighted by atomic mass is 10.1. The molecule has 3 N–H and O–H groups in total. The van der Waals surface area contributed by atoms with E-state index < -0.39 is 0 Å². The van der Waals surface area contributed by atoms with Crippen LogP contribution >= 0.6 is 0 Å². The van der Waals surface area contributed by atoms with Crippen LogP contribution in [0.3, 0.4) is 0 Å². The van der Waals surface area contributed by atoms with Gasteiger partial charge in [-0.25, -0.2) is 14.8 Å².